The van der Waals surface area contributed by atoms with Crippen LogP contribution in [0.4, 0.5) is 8.78 Å². The molecule has 0 spiro atoms. The second-order valence-electron chi connectivity index (χ2n) is 3.27. The molecule has 0 radical (unpaired) electrons. The lowest BCUT2D eigenvalue weighted by Crippen LogP contribution is -2.23. The minimum Gasteiger partial charge on any atom is -0.385 e. The van der Waals surface area contributed by atoms with Crippen LogP contribution in [-0.2, 0) is 10.4 Å². The molecule has 2 nitrogen and oxygen atoms in total. The van der Waals surface area contributed by atoms with Crippen LogP contribution in [0.1, 0.15) is 18.9 Å². The van der Waals surface area contributed by atoms with Crippen LogP contribution in [0.15, 0.2) is 18.2 Å². The number of aliphatic hydroxyl groups is 1. The molecule has 0 saturated heterocycles. The van der Waals surface area contributed by atoms with Gasteiger partial charge in [-0.05, 0) is 25.1 Å². The normalized spacial score (nSPS) is 14.9. The fourth-order valence-electron chi connectivity index (χ4n) is 1.18. The highest BCUT2D eigenvalue weighted by Crippen LogP contribution is 2.26. The van der Waals surface area contributed by atoms with Crippen LogP contribution < -0.4 is 0 Å². The molecule has 0 amide bonds. The molecule has 1 aromatic carbocycles. The van der Waals surface area contributed by atoms with Crippen LogP contribution >= 0.6 is 0 Å². The Morgan fingerprint density at radius 3 is 2.71 bits per heavy atom. The Kier molecular flexibility index (Phi) is 2.96. The predicted octanol–water partition coefficient (Wildman–Crippen LogP) is 1.76. The molecule has 0 fully saturated rings. The maximum absolute atomic E-state index is 13.1. The summed E-state index contributed by atoms with van der Waals surface area (Å²) >= 11 is 0. The summed E-state index contributed by atoms with van der Waals surface area (Å²) in [4.78, 5) is 10.2. The van der Waals surface area contributed by atoms with Gasteiger partial charge in [0.2, 0.25) is 0 Å². The van der Waals surface area contributed by atoms with Crippen LogP contribution in [0, 0.1) is 11.6 Å². The van der Waals surface area contributed by atoms with Gasteiger partial charge in [0.05, 0.1) is 5.60 Å². The maximum Gasteiger partial charge on any atom is 0.129 e. The Balaban J connectivity index is 3.16. The van der Waals surface area contributed by atoms with E-state index in [1.54, 1.807) is 0 Å². The number of benzene rings is 1. The second kappa shape index (κ2) is 3.84. The zero-order valence-corrected chi connectivity index (χ0v) is 7.63. The highest BCUT2D eigenvalue weighted by Gasteiger charge is 2.26. The average Bonchev–Trinajstić information content (AvgIpc) is 2.09. The van der Waals surface area contributed by atoms with E-state index in [1.165, 1.54) is 6.92 Å². The smallest absolute Gasteiger partial charge is 0.129 e. The van der Waals surface area contributed by atoms with Crippen molar-refractivity contribution in [1.29, 1.82) is 0 Å². The lowest BCUT2D eigenvalue weighted by Gasteiger charge is -2.21. The van der Waals surface area contributed by atoms with Crippen LogP contribution in [0.5, 0.6) is 0 Å². The molecule has 0 aliphatic carbocycles. The minimum atomic E-state index is -1.66. The molecule has 0 aliphatic heterocycles. The van der Waals surface area contributed by atoms with Crippen LogP contribution in [0.3, 0.4) is 0 Å². The molecule has 0 heterocycles. The number of aldehydes is 1. The molecule has 4 heteroatoms. The molecule has 1 unspecified atom stereocenters. The van der Waals surface area contributed by atoms with Gasteiger partial charge in [-0.25, -0.2) is 8.78 Å². The first-order valence-electron chi connectivity index (χ1n) is 4.09. The van der Waals surface area contributed by atoms with Crippen LogP contribution in [0.25, 0.3) is 0 Å². The van der Waals surface area contributed by atoms with Gasteiger partial charge in [0.15, 0.2) is 0 Å². The zero-order chi connectivity index (χ0) is 10.8. The Labute approximate surface area is 80.2 Å². The molecule has 1 aromatic rings. The fraction of sp³-hybridized carbons (Fsp3) is 0.300. The third kappa shape index (κ3) is 2.14. The summed E-state index contributed by atoms with van der Waals surface area (Å²) in [5.74, 6) is -1.37. The molecule has 1 atom stereocenters. The van der Waals surface area contributed by atoms with Crippen molar-refractivity contribution in [1.82, 2.24) is 0 Å². The summed E-state index contributed by atoms with van der Waals surface area (Å²) in [5, 5.41) is 9.65. The molecule has 1 N–H and O–H groups in total. The van der Waals surface area contributed by atoms with Crippen molar-refractivity contribution in [3.63, 3.8) is 0 Å². The second-order valence-corrected chi connectivity index (χ2v) is 3.27. The molecule has 14 heavy (non-hydrogen) atoms. The average molecular weight is 200 g/mol. The van der Waals surface area contributed by atoms with E-state index < -0.39 is 17.2 Å². The molecule has 0 aromatic heterocycles. The van der Waals surface area contributed by atoms with Gasteiger partial charge in [-0.15, -0.1) is 0 Å². The molecule has 1 rings (SSSR count). The van der Waals surface area contributed by atoms with Crippen molar-refractivity contribution < 1.29 is 18.7 Å². The van der Waals surface area contributed by atoms with Gasteiger partial charge >= 0.3 is 0 Å². The van der Waals surface area contributed by atoms with Gasteiger partial charge in [-0.3, -0.25) is 0 Å². The summed E-state index contributed by atoms with van der Waals surface area (Å²) in [7, 11) is 0. The summed E-state index contributed by atoms with van der Waals surface area (Å²) < 4.78 is 25.9. The largest absolute Gasteiger partial charge is 0.385 e. The van der Waals surface area contributed by atoms with Gasteiger partial charge in [-0.1, -0.05) is 0 Å². The molecule has 76 valence electrons. The SMILES string of the molecule is CC(O)(CC=O)c1cc(F)ccc1F. The van der Waals surface area contributed by atoms with Gasteiger partial charge in [0.25, 0.3) is 0 Å². The summed E-state index contributed by atoms with van der Waals surface area (Å²) in [6.45, 7) is 1.26. The summed E-state index contributed by atoms with van der Waals surface area (Å²) in [6, 6.07) is 2.76. The highest BCUT2D eigenvalue weighted by molar-refractivity contribution is 5.52. The first-order chi connectivity index (χ1) is 6.47. The quantitative estimate of drug-likeness (QED) is 0.755. The van der Waals surface area contributed by atoms with Crippen molar-refractivity contribution >= 4 is 6.29 Å². The molecule has 0 bridgehead atoms. The molecular weight excluding hydrogens is 190 g/mol. The van der Waals surface area contributed by atoms with Crippen molar-refractivity contribution in [3.8, 4) is 0 Å². The Hall–Kier alpha value is -1.29. The van der Waals surface area contributed by atoms with E-state index in [1.807, 2.05) is 0 Å². The standard InChI is InChI=1S/C10H10F2O2/c1-10(14,4-5-13)8-6-7(11)2-3-9(8)12/h2-3,5-6,14H,4H2,1H3. The van der Waals surface area contributed by atoms with Crippen LogP contribution in [-0.4, -0.2) is 11.4 Å². The van der Waals surface area contributed by atoms with Crippen molar-refractivity contribution in [3.05, 3.63) is 35.4 Å². The number of carbonyl (C=O) groups is 1. The summed E-state index contributed by atoms with van der Waals surface area (Å²) in [5.41, 5.74) is -1.86. The Morgan fingerprint density at radius 2 is 2.14 bits per heavy atom. The van der Waals surface area contributed by atoms with Gasteiger partial charge in [0.1, 0.15) is 17.9 Å². The number of hydrogen-bond donors (Lipinski definition) is 1. The van der Waals surface area contributed by atoms with E-state index in [4.69, 9.17) is 0 Å². The third-order valence-corrected chi connectivity index (χ3v) is 1.99. The van der Waals surface area contributed by atoms with E-state index >= 15 is 0 Å². The number of hydrogen-bond acceptors (Lipinski definition) is 2. The van der Waals surface area contributed by atoms with Gasteiger partial charge in [-0.2, -0.15) is 0 Å². The van der Waals surface area contributed by atoms with Crippen molar-refractivity contribution in [2.24, 2.45) is 0 Å². The first-order valence-corrected chi connectivity index (χ1v) is 4.09. The molecular formula is C10H10F2O2. The first kappa shape index (κ1) is 10.8. The van der Waals surface area contributed by atoms with Crippen LogP contribution in [0.2, 0.25) is 0 Å². The van der Waals surface area contributed by atoms with E-state index in [9.17, 15) is 18.7 Å². The highest BCUT2D eigenvalue weighted by atomic mass is 19.1. The third-order valence-electron chi connectivity index (χ3n) is 1.99. The lowest BCUT2D eigenvalue weighted by molar-refractivity contribution is -0.112. The molecule has 0 aliphatic rings. The topological polar surface area (TPSA) is 37.3 Å². The van der Waals surface area contributed by atoms with Gasteiger partial charge in [0, 0.05) is 12.0 Å². The van der Waals surface area contributed by atoms with E-state index in [0.717, 1.165) is 18.2 Å². The number of rotatable bonds is 3. The zero-order valence-electron chi connectivity index (χ0n) is 7.63. The van der Waals surface area contributed by atoms with E-state index in [-0.39, 0.29) is 12.0 Å². The Bertz CT molecular complexity index is 348. The fourth-order valence-corrected chi connectivity index (χ4v) is 1.18. The lowest BCUT2D eigenvalue weighted by atomic mass is 9.92. The maximum atomic E-state index is 13.1. The van der Waals surface area contributed by atoms with Gasteiger partial charge < -0.3 is 9.90 Å². The number of carbonyl (C=O) groups excluding carboxylic acids is 1. The Morgan fingerprint density at radius 1 is 1.50 bits per heavy atom. The van der Waals surface area contributed by atoms with E-state index in [2.05, 4.69) is 0 Å². The monoisotopic (exact) mass is 200 g/mol. The number of halogens is 2. The predicted molar refractivity (Wildman–Crippen MR) is 46.6 cm³/mol. The van der Waals surface area contributed by atoms with Crippen molar-refractivity contribution in [2.75, 3.05) is 0 Å². The molecule has 0 saturated carbocycles. The minimum absolute atomic E-state index is 0.204. The summed E-state index contributed by atoms with van der Waals surface area (Å²) in [6.07, 6.45) is 0.192. The van der Waals surface area contributed by atoms with E-state index in [0.29, 0.717) is 6.29 Å². The van der Waals surface area contributed by atoms with Crippen molar-refractivity contribution in [2.45, 2.75) is 18.9 Å².